The lowest BCUT2D eigenvalue weighted by atomic mass is 10.1. The van der Waals surface area contributed by atoms with Crippen LogP contribution in [0.3, 0.4) is 0 Å². The molecule has 0 saturated heterocycles. The van der Waals surface area contributed by atoms with Crippen molar-refractivity contribution in [1.82, 2.24) is 0 Å². The van der Waals surface area contributed by atoms with Gasteiger partial charge in [-0.2, -0.15) is 0 Å². The molecule has 0 heterocycles. The Kier molecular flexibility index (Phi) is 3.48. The SMILES string of the molecule is CC(C)OC(=O)c1ccc2ccccc2c1Br. The minimum absolute atomic E-state index is 0.110. The summed E-state index contributed by atoms with van der Waals surface area (Å²) in [6.07, 6.45) is -0.110. The summed E-state index contributed by atoms with van der Waals surface area (Å²) in [6.45, 7) is 3.68. The van der Waals surface area contributed by atoms with Crippen molar-refractivity contribution in [3.63, 3.8) is 0 Å². The van der Waals surface area contributed by atoms with Crippen molar-refractivity contribution in [2.45, 2.75) is 20.0 Å². The summed E-state index contributed by atoms with van der Waals surface area (Å²) in [5, 5.41) is 2.12. The van der Waals surface area contributed by atoms with Gasteiger partial charge in [0.05, 0.1) is 11.7 Å². The first-order valence-corrected chi connectivity index (χ1v) is 6.27. The van der Waals surface area contributed by atoms with E-state index in [9.17, 15) is 4.79 Å². The fourth-order valence-electron chi connectivity index (χ4n) is 1.67. The van der Waals surface area contributed by atoms with Gasteiger partial charge in [-0.15, -0.1) is 0 Å². The van der Waals surface area contributed by atoms with E-state index in [1.54, 1.807) is 6.07 Å². The third-order valence-electron chi connectivity index (χ3n) is 2.43. The van der Waals surface area contributed by atoms with Gasteiger partial charge in [0.25, 0.3) is 0 Å². The predicted molar refractivity (Wildman–Crippen MR) is 72.2 cm³/mol. The monoisotopic (exact) mass is 292 g/mol. The summed E-state index contributed by atoms with van der Waals surface area (Å²) in [5.41, 5.74) is 0.567. The van der Waals surface area contributed by atoms with Crippen LogP contribution >= 0.6 is 15.9 Å². The number of esters is 1. The summed E-state index contributed by atoms with van der Waals surface area (Å²) in [6, 6.07) is 11.6. The number of hydrogen-bond donors (Lipinski definition) is 0. The highest BCUT2D eigenvalue weighted by atomic mass is 79.9. The number of hydrogen-bond acceptors (Lipinski definition) is 2. The number of benzene rings is 2. The van der Waals surface area contributed by atoms with Gasteiger partial charge in [0, 0.05) is 4.47 Å². The van der Waals surface area contributed by atoms with E-state index >= 15 is 0 Å². The Hall–Kier alpha value is -1.35. The highest BCUT2D eigenvalue weighted by Crippen LogP contribution is 2.28. The molecular weight excluding hydrogens is 280 g/mol. The summed E-state index contributed by atoms with van der Waals surface area (Å²) in [7, 11) is 0. The summed E-state index contributed by atoms with van der Waals surface area (Å²) < 4.78 is 5.99. The second-order valence-electron chi connectivity index (χ2n) is 4.10. The van der Waals surface area contributed by atoms with E-state index in [1.807, 2.05) is 44.2 Å². The fraction of sp³-hybridized carbons (Fsp3) is 0.214. The van der Waals surface area contributed by atoms with Crippen LogP contribution < -0.4 is 0 Å². The number of rotatable bonds is 2. The largest absolute Gasteiger partial charge is 0.459 e. The number of halogens is 1. The molecule has 0 saturated carbocycles. The standard InChI is InChI=1S/C14H13BrO2/c1-9(2)17-14(16)12-8-7-10-5-3-4-6-11(10)13(12)15/h3-9H,1-2H3. The summed E-state index contributed by atoms with van der Waals surface area (Å²) in [5.74, 6) is -0.294. The lowest BCUT2D eigenvalue weighted by molar-refractivity contribution is 0.0377. The van der Waals surface area contributed by atoms with Crippen molar-refractivity contribution in [3.8, 4) is 0 Å². The first kappa shape index (κ1) is 12.1. The molecule has 2 aromatic rings. The van der Waals surface area contributed by atoms with E-state index in [0.29, 0.717) is 5.56 Å². The van der Waals surface area contributed by atoms with E-state index in [0.717, 1.165) is 15.2 Å². The van der Waals surface area contributed by atoms with Crippen LogP contribution in [0.1, 0.15) is 24.2 Å². The third-order valence-corrected chi connectivity index (χ3v) is 3.28. The Balaban J connectivity index is 2.49. The number of ether oxygens (including phenoxy) is 1. The Labute approximate surface area is 109 Å². The zero-order chi connectivity index (χ0) is 12.4. The van der Waals surface area contributed by atoms with Crippen molar-refractivity contribution in [1.29, 1.82) is 0 Å². The molecule has 0 amide bonds. The number of carbonyl (C=O) groups excluding carboxylic acids is 1. The molecule has 2 rings (SSSR count). The van der Waals surface area contributed by atoms with Crippen LogP contribution in [0.15, 0.2) is 40.9 Å². The second-order valence-corrected chi connectivity index (χ2v) is 4.90. The van der Waals surface area contributed by atoms with Crippen molar-refractivity contribution in [3.05, 3.63) is 46.4 Å². The third kappa shape index (κ3) is 2.50. The average Bonchev–Trinajstić information content (AvgIpc) is 2.28. The van der Waals surface area contributed by atoms with Crippen LogP contribution in [0, 0.1) is 0 Å². The van der Waals surface area contributed by atoms with Crippen LogP contribution in [0.5, 0.6) is 0 Å². The van der Waals surface area contributed by atoms with Gasteiger partial charge in [0.1, 0.15) is 0 Å². The van der Waals surface area contributed by atoms with Crippen LogP contribution in [-0.4, -0.2) is 12.1 Å². The maximum absolute atomic E-state index is 11.9. The Morgan fingerprint density at radius 2 is 1.88 bits per heavy atom. The Bertz CT molecular complexity index is 561. The second kappa shape index (κ2) is 4.88. The average molecular weight is 293 g/mol. The van der Waals surface area contributed by atoms with Crippen molar-refractivity contribution in [2.24, 2.45) is 0 Å². The highest BCUT2D eigenvalue weighted by Gasteiger charge is 2.14. The van der Waals surface area contributed by atoms with E-state index in [2.05, 4.69) is 15.9 Å². The molecule has 0 spiro atoms. The number of fused-ring (bicyclic) bond motifs is 1. The Morgan fingerprint density at radius 1 is 1.18 bits per heavy atom. The van der Waals surface area contributed by atoms with Gasteiger partial charge in [0.15, 0.2) is 0 Å². The molecule has 0 bridgehead atoms. The van der Waals surface area contributed by atoms with Crippen LogP contribution in [0.2, 0.25) is 0 Å². The van der Waals surface area contributed by atoms with Gasteiger partial charge in [-0.1, -0.05) is 30.3 Å². The van der Waals surface area contributed by atoms with E-state index in [-0.39, 0.29) is 12.1 Å². The van der Waals surface area contributed by atoms with Crippen LogP contribution in [0.25, 0.3) is 10.8 Å². The molecule has 0 aromatic heterocycles. The van der Waals surface area contributed by atoms with Crippen molar-refractivity contribution < 1.29 is 9.53 Å². The quantitative estimate of drug-likeness (QED) is 0.777. The van der Waals surface area contributed by atoms with Gasteiger partial charge < -0.3 is 4.74 Å². The molecule has 17 heavy (non-hydrogen) atoms. The molecule has 0 aliphatic heterocycles. The lowest BCUT2D eigenvalue weighted by Gasteiger charge is -2.10. The van der Waals surface area contributed by atoms with Gasteiger partial charge in [-0.05, 0) is 46.6 Å². The molecule has 0 aliphatic carbocycles. The van der Waals surface area contributed by atoms with Crippen molar-refractivity contribution in [2.75, 3.05) is 0 Å². The first-order chi connectivity index (χ1) is 8.09. The predicted octanol–water partition coefficient (Wildman–Crippen LogP) is 4.17. The molecule has 0 fully saturated rings. The maximum Gasteiger partial charge on any atom is 0.339 e. The van der Waals surface area contributed by atoms with E-state index in [1.165, 1.54) is 0 Å². The van der Waals surface area contributed by atoms with Crippen LogP contribution in [0.4, 0.5) is 0 Å². The molecule has 88 valence electrons. The number of carbonyl (C=O) groups is 1. The molecule has 2 nitrogen and oxygen atoms in total. The topological polar surface area (TPSA) is 26.3 Å². The molecule has 0 aliphatic rings. The zero-order valence-electron chi connectivity index (χ0n) is 9.74. The van der Waals surface area contributed by atoms with E-state index in [4.69, 9.17) is 4.74 Å². The summed E-state index contributed by atoms with van der Waals surface area (Å²) in [4.78, 5) is 11.9. The Morgan fingerprint density at radius 3 is 2.59 bits per heavy atom. The van der Waals surface area contributed by atoms with Gasteiger partial charge in [-0.3, -0.25) is 0 Å². The minimum Gasteiger partial charge on any atom is -0.459 e. The summed E-state index contributed by atoms with van der Waals surface area (Å²) >= 11 is 3.47. The highest BCUT2D eigenvalue weighted by molar-refractivity contribution is 9.10. The molecule has 0 atom stereocenters. The van der Waals surface area contributed by atoms with Crippen molar-refractivity contribution >= 4 is 32.7 Å². The molecule has 0 N–H and O–H groups in total. The van der Waals surface area contributed by atoms with Crippen LogP contribution in [-0.2, 0) is 4.74 Å². The molecule has 0 radical (unpaired) electrons. The van der Waals surface area contributed by atoms with E-state index < -0.39 is 0 Å². The molecule has 0 unspecified atom stereocenters. The molecule has 2 aromatic carbocycles. The van der Waals surface area contributed by atoms with Gasteiger partial charge in [0.2, 0.25) is 0 Å². The smallest absolute Gasteiger partial charge is 0.339 e. The van der Waals surface area contributed by atoms with Gasteiger partial charge >= 0.3 is 5.97 Å². The lowest BCUT2D eigenvalue weighted by Crippen LogP contribution is -2.12. The fourth-order valence-corrected chi connectivity index (χ4v) is 2.32. The van der Waals surface area contributed by atoms with Gasteiger partial charge in [-0.25, -0.2) is 4.79 Å². The molecule has 3 heteroatoms. The first-order valence-electron chi connectivity index (χ1n) is 5.48. The minimum atomic E-state index is -0.294. The normalized spacial score (nSPS) is 10.8. The molecular formula is C14H13BrO2. The zero-order valence-corrected chi connectivity index (χ0v) is 11.3. The maximum atomic E-state index is 11.9.